The average Bonchev–Trinajstić information content (AvgIpc) is 3.41. The molecule has 0 amide bonds. The second-order valence-corrected chi connectivity index (χ2v) is 18.1. The van der Waals surface area contributed by atoms with Gasteiger partial charge in [0.15, 0.2) is 37.1 Å². The van der Waals surface area contributed by atoms with Crippen molar-refractivity contribution in [3.8, 4) is 11.5 Å². The van der Waals surface area contributed by atoms with Gasteiger partial charge < -0.3 is 24.5 Å². The maximum Gasteiger partial charge on any atom is 0.269 e. The number of hydrogen-bond acceptors (Lipinski definition) is 8. The lowest BCUT2D eigenvalue weighted by Gasteiger charge is -2.36. The maximum absolute atomic E-state index is 15.1. The van der Waals surface area contributed by atoms with Crippen molar-refractivity contribution in [1.29, 1.82) is 0 Å². The molecule has 0 bridgehead atoms. The van der Waals surface area contributed by atoms with Crippen LogP contribution in [0, 0.1) is 11.6 Å². The van der Waals surface area contributed by atoms with E-state index in [4.69, 9.17) is 13.9 Å². The first kappa shape index (κ1) is 32.2. The minimum atomic E-state index is -3.93. The van der Waals surface area contributed by atoms with E-state index in [1.807, 2.05) is 0 Å². The van der Waals surface area contributed by atoms with Crippen molar-refractivity contribution in [3.05, 3.63) is 72.1 Å². The number of rotatable bonds is 12. The molecular formula is C30H38F2N4O5SSi. The fourth-order valence-corrected chi connectivity index (χ4v) is 6.64. The summed E-state index contributed by atoms with van der Waals surface area (Å²) in [6, 6.07) is 10.9. The Bertz CT molecular complexity index is 1680. The largest absolute Gasteiger partial charge is 0.493 e. The fourth-order valence-electron chi connectivity index (χ4n) is 4.27. The molecule has 43 heavy (non-hydrogen) atoms. The lowest BCUT2D eigenvalue weighted by atomic mass is 10.1. The number of ether oxygens (including phenoxy) is 2. The molecule has 0 radical (unpaired) electrons. The van der Waals surface area contributed by atoms with Crippen LogP contribution in [0.2, 0.25) is 18.1 Å². The Morgan fingerprint density at radius 1 is 0.953 bits per heavy atom. The summed E-state index contributed by atoms with van der Waals surface area (Å²) in [7, 11) is -3.39. The second kappa shape index (κ2) is 12.5. The lowest BCUT2D eigenvalue weighted by molar-refractivity contribution is 0.301. The normalized spacial score (nSPS) is 12.4. The third-order valence-electron chi connectivity index (χ3n) is 7.76. The van der Waals surface area contributed by atoms with E-state index in [-0.39, 0.29) is 33.6 Å². The van der Waals surface area contributed by atoms with Crippen LogP contribution in [-0.2, 0) is 21.0 Å². The van der Waals surface area contributed by atoms with E-state index >= 15 is 8.78 Å². The summed E-state index contributed by atoms with van der Waals surface area (Å²) in [4.78, 5) is 4.58. The molecule has 0 fully saturated rings. The number of fused-ring (bicyclic) bond motifs is 1. The van der Waals surface area contributed by atoms with Gasteiger partial charge >= 0.3 is 0 Å². The van der Waals surface area contributed by atoms with Crippen LogP contribution >= 0.6 is 0 Å². The highest BCUT2D eigenvalue weighted by Crippen LogP contribution is 2.37. The van der Waals surface area contributed by atoms with Crippen molar-refractivity contribution in [1.82, 2.24) is 8.96 Å². The highest BCUT2D eigenvalue weighted by Gasteiger charge is 2.37. The van der Waals surface area contributed by atoms with Crippen LogP contribution in [0.15, 0.2) is 59.8 Å². The molecule has 0 unspecified atom stereocenters. The molecule has 232 valence electrons. The Hall–Kier alpha value is -3.68. The number of aromatic nitrogens is 2. The quantitative estimate of drug-likeness (QED) is 0.133. The van der Waals surface area contributed by atoms with E-state index in [1.165, 1.54) is 38.7 Å². The number of hydrogen-bond donors (Lipinski definition) is 2. The lowest BCUT2D eigenvalue weighted by Crippen LogP contribution is -2.41. The summed E-state index contributed by atoms with van der Waals surface area (Å²) in [6.07, 6.45) is 2.93. The molecule has 9 nitrogen and oxygen atoms in total. The van der Waals surface area contributed by atoms with E-state index in [0.717, 1.165) is 10.0 Å². The van der Waals surface area contributed by atoms with Gasteiger partial charge in [-0.25, -0.2) is 26.2 Å². The van der Waals surface area contributed by atoms with Gasteiger partial charge in [-0.15, -0.1) is 0 Å². The van der Waals surface area contributed by atoms with Gasteiger partial charge in [0, 0.05) is 42.5 Å². The van der Waals surface area contributed by atoms with Crippen molar-refractivity contribution in [3.63, 3.8) is 0 Å². The minimum absolute atomic E-state index is 0.0287. The Kier molecular flexibility index (Phi) is 9.38. The van der Waals surface area contributed by atoms with Crippen molar-refractivity contribution < 1.29 is 31.1 Å². The van der Waals surface area contributed by atoms with Gasteiger partial charge in [0.1, 0.15) is 5.69 Å². The molecule has 0 aliphatic rings. The molecule has 2 N–H and O–H groups in total. The molecule has 0 spiro atoms. The molecule has 13 heteroatoms. The number of nitrogens with one attached hydrogen (secondary N) is 2. The first-order valence-corrected chi connectivity index (χ1v) is 18.1. The molecule has 0 saturated heterocycles. The van der Waals surface area contributed by atoms with Gasteiger partial charge in [0.25, 0.3) is 10.0 Å². The predicted molar refractivity (Wildman–Crippen MR) is 167 cm³/mol. The number of halogens is 2. The topological polar surface area (TPSA) is 104 Å². The Labute approximate surface area is 252 Å². The molecule has 0 aliphatic carbocycles. The first-order valence-electron chi connectivity index (χ1n) is 13.7. The van der Waals surface area contributed by atoms with E-state index in [1.54, 1.807) is 24.3 Å². The van der Waals surface area contributed by atoms with Crippen molar-refractivity contribution in [2.75, 3.05) is 38.0 Å². The van der Waals surface area contributed by atoms with Crippen molar-refractivity contribution >= 4 is 40.7 Å². The Morgan fingerprint density at radius 3 is 2.16 bits per heavy atom. The highest BCUT2D eigenvalue weighted by molar-refractivity contribution is 7.90. The monoisotopic (exact) mass is 632 g/mol. The third kappa shape index (κ3) is 6.48. The number of benzene rings is 2. The summed E-state index contributed by atoms with van der Waals surface area (Å²) in [5, 5.41) is 6.73. The van der Waals surface area contributed by atoms with E-state index in [0.29, 0.717) is 29.8 Å². The van der Waals surface area contributed by atoms with Crippen molar-refractivity contribution in [2.24, 2.45) is 0 Å². The van der Waals surface area contributed by atoms with Crippen LogP contribution in [0.25, 0.3) is 11.0 Å². The molecular weight excluding hydrogens is 595 g/mol. The fraction of sp³-hybridized carbons (Fsp3) is 0.367. The molecule has 2 aromatic carbocycles. The first-order chi connectivity index (χ1) is 20.2. The zero-order valence-electron chi connectivity index (χ0n) is 25.4. The standard InChI is InChI=1S/C30H38F2N4O5SSi/c1-30(2,3)43(6,7)41-16-14-33-27-20(18-34-28-25(31)23(39-4)17-24(40-5)26(28)32)19-35-29-22(27)13-15-36(29)42(37,38)21-11-9-8-10-12-21/h8-13,15,17,19,34H,14,16,18H2,1-7H3,(H,33,35). The molecule has 2 heterocycles. The van der Waals surface area contributed by atoms with Crippen LogP contribution < -0.4 is 20.1 Å². The number of methoxy groups -OCH3 is 2. The molecule has 4 aromatic rings. The van der Waals surface area contributed by atoms with Gasteiger partial charge in [-0.3, -0.25) is 0 Å². The SMILES string of the molecule is COc1cc(OC)c(F)c(NCc2cnc3c(ccn3S(=O)(=O)c3ccccc3)c2NCCO[Si](C)(C)C(C)(C)C)c1F. The summed E-state index contributed by atoms with van der Waals surface area (Å²) < 4.78 is 74.5. The predicted octanol–water partition coefficient (Wildman–Crippen LogP) is 6.61. The second-order valence-electron chi connectivity index (χ2n) is 11.5. The van der Waals surface area contributed by atoms with E-state index < -0.39 is 35.7 Å². The zero-order chi connectivity index (χ0) is 31.6. The zero-order valence-corrected chi connectivity index (χ0v) is 27.2. The van der Waals surface area contributed by atoms with Gasteiger partial charge in [-0.05, 0) is 36.3 Å². The number of anilines is 2. The number of nitrogens with zero attached hydrogens (tertiary/aromatic N) is 2. The molecule has 0 saturated carbocycles. The van der Waals surface area contributed by atoms with Crippen LogP contribution in [0.1, 0.15) is 26.3 Å². The average molecular weight is 633 g/mol. The Morgan fingerprint density at radius 2 is 1.58 bits per heavy atom. The van der Waals surface area contributed by atoms with Gasteiger partial charge in [0.2, 0.25) is 0 Å². The maximum atomic E-state index is 15.1. The van der Waals surface area contributed by atoms with Crippen molar-refractivity contribution in [2.45, 2.75) is 50.3 Å². The third-order valence-corrected chi connectivity index (χ3v) is 14.0. The molecule has 2 aromatic heterocycles. The highest BCUT2D eigenvalue weighted by atomic mass is 32.2. The van der Waals surface area contributed by atoms with E-state index in [2.05, 4.69) is 49.5 Å². The summed E-state index contributed by atoms with van der Waals surface area (Å²) >= 11 is 0. The van der Waals surface area contributed by atoms with Crippen LogP contribution in [0.4, 0.5) is 20.2 Å². The van der Waals surface area contributed by atoms with Crippen LogP contribution in [-0.4, -0.2) is 53.1 Å². The molecule has 4 rings (SSSR count). The molecule has 0 atom stereocenters. The van der Waals surface area contributed by atoms with Gasteiger partial charge in [0.05, 0.1) is 31.4 Å². The summed E-state index contributed by atoms with van der Waals surface area (Å²) in [5.74, 6) is -2.18. The minimum Gasteiger partial charge on any atom is -0.493 e. The van der Waals surface area contributed by atoms with Gasteiger partial charge in [-0.1, -0.05) is 39.0 Å². The van der Waals surface area contributed by atoms with E-state index in [9.17, 15) is 8.42 Å². The van der Waals surface area contributed by atoms with Crippen LogP contribution in [0.5, 0.6) is 11.5 Å². The summed E-state index contributed by atoms with van der Waals surface area (Å²) in [6.45, 7) is 11.6. The smallest absolute Gasteiger partial charge is 0.269 e. The Balaban J connectivity index is 1.72. The van der Waals surface area contributed by atoms with Crippen LogP contribution in [0.3, 0.4) is 0 Å². The number of pyridine rings is 1. The molecule has 0 aliphatic heterocycles. The van der Waals surface area contributed by atoms with Gasteiger partial charge in [-0.2, -0.15) is 0 Å². The summed E-state index contributed by atoms with van der Waals surface area (Å²) in [5.41, 5.74) is 0.901.